The van der Waals surface area contributed by atoms with Crippen LogP contribution >= 0.6 is 0 Å². The molecule has 0 saturated heterocycles. The molecule has 0 fully saturated rings. The van der Waals surface area contributed by atoms with E-state index < -0.39 is 0 Å². The smallest absolute Gasteiger partial charge is 0.336 e. The van der Waals surface area contributed by atoms with Gasteiger partial charge in [0.2, 0.25) is 0 Å². The molecule has 0 saturated carbocycles. The Morgan fingerprint density at radius 3 is 2.57 bits per heavy atom. The zero-order valence-corrected chi connectivity index (χ0v) is 3.47. The van der Waals surface area contributed by atoms with Crippen LogP contribution in [0, 0.1) is 0 Å². The molecule has 0 aromatic rings. The zero-order chi connectivity index (χ0) is 4.85. The Balaban J connectivity index is 2.97. The minimum Gasteiger partial charge on any atom is -0.423 e. The standard InChI is InChI=1S/C5H2O2/c6-5-2-3-1-4(3)7-5/h1-2H. The van der Waals surface area contributed by atoms with E-state index in [-0.39, 0.29) is 5.63 Å². The average Bonchev–Trinajstić information content (AvgIpc) is 2.15. The maximum absolute atomic E-state index is 10.1. The number of rotatable bonds is 0. The van der Waals surface area contributed by atoms with E-state index in [9.17, 15) is 4.79 Å². The summed E-state index contributed by atoms with van der Waals surface area (Å²) in [7, 11) is 0. The van der Waals surface area contributed by atoms with E-state index in [1.165, 1.54) is 6.07 Å². The summed E-state index contributed by atoms with van der Waals surface area (Å²) >= 11 is 0. The molecular formula is C5H2O2. The van der Waals surface area contributed by atoms with Crippen LogP contribution in [0.3, 0.4) is 0 Å². The van der Waals surface area contributed by atoms with E-state index in [1.807, 2.05) is 6.07 Å². The molecule has 0 aromatic carbocycles. The lowest BCUT2D eigenvalue weighted by molar-refractivity contribution is 0.552. The van der Waals surface area contributed by atoms with Gasteiger partial charge in [0, 0.05) is 11.6 Å². The molecule has 2 heteroatoms. The third-order valence-electron chi connectivity index (χ3n) is 0.972. The summed E-state index contributed by atoms with van der Waals surface area (Å²) in [5.41, 5.74) is 0.734. The van der Waals surface area contributed by atoms with E-state index in [0.29, 0.717) is 0 Å². The van der Waals surface area contributed by atoms with Crippen LogP contribution in [-0.4, -0.2) is 0 Å². The number of hydrogen-bond donors (Lipinski definition) is 0. The van der Waals surface area contributed by atoms with E-state index >= 15 is 0 Å². The highest BCUT2D eigenvalue weighted by Gasteiger charge is 2.15. The van der Waals surface area contributed by atoms with Gasteiger partial charge in [-0.25, -0.2) is 4.79 Å². The van der Waals surface area contributed by atoms with Gasteiger partial charge in [-0.2, -0.15) is 0 Å². The Bertz CT molecular complexity index is 236. The first-order chi connectivity index (χ1) is 3.36. The first kappa shape index (κ1) is 3.02. The van der Waals surface area contributed by atoms with Crippen LogP contribution < -0.4 is 5.63 Å². The van der Waals surface area contributed by atoms with Crippen molar-refractivity contribution < 1.29 is 4.42 Å². The molecule has 34 valence electrons. The van der Waals surface area contributed by atoms with Crippen LogP contribution in [0.4, 0.5) is 0 Å². The summed E-state index contributed by atoms with van der Waals surface area (Å²) in [5, 5.41) is 0. The van der Waals surface area contributed by atoms with Crippen LogP contribution in [0.5, 0.6) is 0 Å². The maximum atomic E-state index is 10.1. The highest BCUT2D eigenvalue weighted by atomic mass is 16.4. The fourth-order valence-corrected chi connectivity index (χ4v) is 0.571. The molecule has 2 nitrogen and oxygen atoms in total. The molecular weight excluding hydrogens is 92.1 g/mol. The predicted octanol–water partition coefficient (Wildman–Crippen LogP) is 0.620. The Morgan fingerprint density at radius 2 is 2.29 bits per heavy atom. The summed E-state index contributed by atoms with van der Waals surface area (Å²) in [6.07, 6.45) is 0. The molecule has 2 rings (SSSR count). The minimum absolute atomic E-state index is 0.229. The molecule has 1 aliphatic carbocycles. The van der Waals surface area contributed by atoms with Gasteiger partial charge in [0.05, 0.1) is 0 Å². The molecule has 0 spiro atoms. The SMILES string of the molecule is O=c1cc2cc-2o1. The third-order valence-corrected chi connectivity index (χ3v) is 0.972. The third kappa shape index (κ3) is 0.257. The summed E-state index contributed by atoms with van der Waals surface area (Å²) in [6.45, 7) is 0. The van der Waals surface area contributed by atoms with Crippen LogP contribution in [0.1, 0.15) is 0 Å². The van der Waals surface area contributed by atoms with Gasteiger partial charge in [0.15, 0.2) is 0 Å². The predicted molar refractivity (Wildman–Crippen MR) is 24.0 cm³/mol. The van der Waals surface area contributed by atoms with Gasteiger partial charge in [-0.05, 0) is 6.07 Å². The molecule has 0 radical (unpaired) electrons. The zero-order valence-electron chi connectivity index (χ0n) is 3.47. The van der Waals surface area contributed by atoms with Crippen molar-refractivity contribution in [2.45, 2.75) is 0 Å². The minimum atomic E-state index is -0.229. The van der Waals surface area contributed by atoms with Gasteiger partial charge in [0.1, 0.15) is 5.76 Å². The van der Waals surface area contributed by atoms with Crippen molar-refractivity contribution in [2.75, 3.05) is 0 Å². The van der Waals surface area contributed by atoms with Crippen molar-refractivity contribution in [3.05, 3.63) is 22.6 Å². The van der Waals surface area contributed by atoms with Crippen molar-refractivity contribution in [3.63, 3.8) is 0 Å². The lowest BCUT2D eigenvalue weighted by Crippen LogP contribution is -1.84. The van der Waals surface area contributed by atoms with Crippen molar-refractivity contribution in [1.82, 2.24) is 0 Å². The van der Waals surface area contributed by atoms with E-state index in [0.717, 1.165) is 11.3 Å². The van der Waals surface area contributed by atoms with Crippen LogP contribution in [0.2, 0.25) is 0 Å². The molecule has 0 atom stereocenters. The Kier molecular flexibility index (Phi) is 0.278. The summed E-state index contributed by atoms with van der Waals surface area (Å²) in [6, 6.07) is 3.30. The van der Waals surface area contributed by atoms with Gasteiger partial charge in [-0.1, -0.05) is 0 Å². The molecule has 1 heterocycles. The molecule has 2 aliphatic rings. The van der Waals surface area contributed by atoms with Gasteiger partial charge in [-0.3, -0.25) is 0 Å². The molecule has 0 amide bonds. The Labute approximate surface area is 39.4 Å². The van der Waals surface area contributed by atoms with E-state index in [2.05, 4.69) is 4.42 Å². The topological polar surface area (TPSA) is 30.2 Å². The van der Waals surface area contributed by atoms with Crippen LogP contribution in [0.15, 0.2) is 21.3 Å². The van der Waals surface area contributed by atoms with Gasteiger partial charge in [0.25, 0.3) is 0 Å². The normalized spacial score (nSPS) is 11.4. The van der Waals surface area contributed by atoms with Crippen molar-refractivity contribution in [3.8, 4) is 11.3 Å². The van der Waals surface area contributed by atoms with Crippen LogP contribution in [0.25, 0.3) is 11.3 Å². The highest BCUT2D eigenvalue weighted by Crippen LogP contribution is 2.30. The molecule has 0 N–H and O–H groups in total. The highest BCUT2D eigenvalue weighted by molar-refractivity contribution is 5.73. The lowest BCUT2D eigenvalue weighted by atomic mass is 10.6. The number of fused-ring (bicyclic) bond motifs is 1. The van der Waals surface area contributed by atoms with Crippen molar-refractivity contribution >= 4 is 0 Å². The first-order valence-electron chi connectivity index (χ1n) is 2.02. The monoisotopic (exact) mass is 94.0 g/mol. The fraction of sp³-hybridized carbons (Fsp3) is 0. The van der Waals surface area contributed by atoms with Gasteiger partial charge < -0.3 is 4.42 Å². The number of hydrogen-bond acceptors (Lipinski definition) is 2. The molecule has 0 unspecified atom stereocenters. The molecule has 7 heavy (non-hydrogen) atoms. The largest absolute Gasteiger partial charge is 0.423 e. The number of furan rings is 1. The van der Waals surface area contributed by atoms with E-state index in [1.54, 1.807) is 0 Å². The lowest BCUT2D eigenvalue weighted by Gasteiger charge is -1.56. The fourth-order valence-electron chi connectivity index (χ4n) is 0.571. The van der Waals surface area contributed by atoms with E-state index in [4.69, 9.17) is 0 Å². The summed E-state index contributed by atoms with van der Waals surface area (Å²) in [4.78, 5) is 10.1. The quantitative estimate of drug-likeness (QED) is 0.479. The molecule has 0 bridgehead atoms. The van der Waals surface area contributed by atoms with Gasteiger partial charge in [-0.15, -0.1) is 0 Å². The molecule has 1 aliphatic heterocycles. The van der Waals surface area contributed by atoms with Crippen molar-refractivity contribution in [2.24, 2.45) is 0 Å². The second-order valence-electron chi connectivity index (χ2n) is 1.53. The molecule has 0 aromatic heterocycles. The first-order valence-corrected chi connectivity index (χ1v) is 2.02. The van der Waals surface area contributed by atoms with Crippen LogP contribution in [-0.2, 0) is 0 Å². The average molecular weight is 94.1 g/mol. The summed E-state index contributed by atoms with van der Waals surface area (Å²) in [5.74, 6) is 0.755. The Hall–Kier alpha value is -1.05. The second kappa shape index (κ2) is 0.644. The second-order valence-corrected chi connectivity index (χ2v) is 1.53. The van der Waals surface area contributed by atoms with Gasteiger partial charge >= 0.3 is 5.63 Å². The maximum Gasteiger partial charge on any atom is 0.336 e. The Morgan fingerprint density at radius 1 is 1.43 bits per heavy atom. The summed E-state index contributed by atoms with van der Waals surface area (Å²) < 4.78 is 4.56. The van der Waals surface area contributed by atoms with Crippen molar-refractivity contribution in [1.29, 1.82) is 0 Å².